The molecular formula is C14H19NO4. The van der Waals surface area contributed by atoms with Gasteiger partial charge in [0.25, 0.3) is 0 Å². The van der Waals surface area contributed by atoms with E-state index in [1.165, 1.54) is 0 Å². The molecule has 0 aliphatic rings. The van der Waals surface area contributed by atoms with Crippen molar-refractivity contribution in [2.24, 2.45) is 0 Å². The molecule has 19 heavy (non-hydrogen) atoms. The second kappa shape index (κ2) is 6.89. The molecule has 0 aliphatic heterocycles. The molecule has 0 spiro atoms. The Morgan fingerprint density at radius 1 is 1.21 bits per heavy atom. The molecule has 0 unspecified atom stereocenters. The molecule has 5 nitrogen and oxygen atoms in total. The molecule has 0 bridgehead atoms. The molecule has 0 radical (unpaired) electrons. The van der Waals surface area contributed by atoms with Crippen LogP contribution in [0.2, 0.25) is 0 Å². The molecule has 104 valence electrons. The van der Waals surface area contributed by atoms with Crippen molar-refractivity contribution >= 4 is 11.9 Å². The van der Waals surface area contributed by atoms with Gasteiger partial charge < -0.3 is 5.32 Å². The van der Waals surface area contributed by atoms with E-state index in [4.69, 9.17) is 9.78 Å². The Hall–Kier alpha value is -1.88. The van der Waals surface area contributed by atoms with E-state index < -0.39 is 11.6 Å². The Labute approximate surface area is 112 Å². The van der Waals surface area contributed by atoms with Gasteiger partial charge in [0, 0.05) is 6.42 Å². The van der Waals surface area contributed by atoms with E-state index in [-0.39, 0.29) is 12.5 Å². The van der Waals surface area contributed by atoms with Crippen molar-refractivity contribution in [2.75, 3.05) is 6.54 Å². The summed E-state index contributed by atoms with van der Waals surface area (Å²) in [5, 5.41) is 2.68. The van der Waals surface area contributed by atoms with Crippen molar-refractivity contribution in [3.63, 3.8) is 0 Å². The lowest BCUT2D eigenvalue weighted by molar-refractivity contribution is -0.304. The van der Waals surface area contributed by atoms with E-state index in [0.717, 1.165) is 0 Å². The normalized spacial score (nSPS) is 10.9. The fourth-order valence-corrected chi connectivity index (χ4v) is 1.24. The first-order chi connectivity index (χ1) is 8.94. The van der Waals surface area contributed by atoms with Gasteiger partial charge in [-0.15, -0.1) is 0 Å². The molecule has 1 aromatic carbocycles. The lowest BCUT2D eigenvalue weighted by Crippen LogP contribution is -2.40. The van der Waals surface area contributed by atoms with Crippen LogP contribution in [0.25, 0.3) is 0 Å². The second-order valence-electron chi connectivity index (χ2n) is 4.71. The molecule has 1 aromatic rings. The zero-order valence-corrected chi connectivity index (χ0v) is 11.4. The second-order valence-corrected chi connectivity index (χ2v) is 4.71. The van der Waals surface area contributed by atoms with Crippen LogP contribution in [0.3, 0.4) is 0 Å². The van der Waals surface area contributed by atoms with E-state index in [2.05, 4.69) is 5.32 Å². The Bertz CT molecular complexity index is 428. The SMILES string of the molecule is CCC(=O)NCC(C)(C)OOC(=O)c1ccccc1. The van der Waals surface area contributed by atoms with Crippen molar-refractivity contribution in [3.8, 4) is 0 Å². The van der Waals surface area contributed by atoms with Crippen LogP contribution in [0.15, 0.2) is 30.3 Å². The van der Waals surface area contributed by atoms with Gasteiger partial charge in [-0.3, -0.25) is 9.68 Å². The molecule has 0 heterocycles. The maximum absolute atomic E-state index is 11.7. The number of benzene rings is 1. The third-order valence-corrected chi connectivity index (χ3v) is 2.38. The summed E-state index contributed by atoms with van der Waals surface area (Å²) in [6.07, 6.45) is 0.403. The summed E-state index contributed by atoms with van der Waals surface area (Å²) in [4.78, 5) is 32.6. The van der Waals surface area contributed by atoms with Gasteiger partial charge in [-0.1, -0.05) is 25.1 Å². The van der Waals surface area contributed by atoms with E-state index in [0.29, 0.717) is 12.0 Å². The summed E-state index contributed by atoms with van der Waals surface area (Å²) in [7, 11) is 0. The van der Waals surface area contributed by atoms with Gasteiger partial charge in [-0.05, 0) is 26.0 Å². The third-order valence-electron chi connectivity index (χ3n) is 2.38. The van der Waals surface area contributed by atoms with Gasteiger partial charge in [0.05, 0.1) is 12.1 Å². The fourth-order valence-electron chi connectivity index (χ4n) is 1.24. The average Bonchev–Trinajstić information content (AvgIpc) is 2.43. The summed E-state index contributed by atoms with van der Waals surface area (Å²) >= 11 is 0. The smallest absolute Gasteiger partial charge is 0.353 e. The minimum atomic E-state index is -0.782. The van der Waals surface area contributed by atoms with Crippen molar-refractivity contribution in [1.29, 1.82) is 0 Å². The average molecular weight is 265 g/mol. The van der Waals surface area contributed by atoms with E-state index >= 15 is 0 Å². The topological polar surface area (TPSA) is 64.6 Å². The van der Waals surface area contributed by atoms with Crippen molar-refractivity contribution in [3.05, 3.63) is 35.9 Å². The number of hydrogen-bond acceptors (Lipinski definition) is 4. The molecule has 0 aliphatic carbocycles. The number of amides is 1. The van der Waals surface area contributed by atoms with Gasteiger partial charge in [0.2, 0.25) is 5.91 Å². The Balaban J connectivity index is 2.42. The van der Waals surface area contributed by atoms with E-state index in [1.54, 1.807) is 45.0 Å². The monoisotopic (exact) mass is 265 g/mol. The minimum absolute atomic E-state index is 0.0777. The zero-order valence-electron chi connectivity index (χ0n) is 11.4. The van der Waals surface area contributed by atoms with Crippen LogP contribution in [0, 0.1) is 0 Å². The first-order valence-corrected chi connectivity index (χ1v) is 6.16. The molecule has 1 amide bonds. The first-order valence-electron chi connectivity index (χ1n) is 6.16. The van der Waals surface area contributed by atoms with Gasteiger partial charge in [0.15, 0.2) is 0 Å². The number of nitrogens with one attached hydrogen (secondary N) is 1. The van der Waals surface area contributed by atoms with E-state index in [1.807, 2.05) is 6.07 Å². The highest BCUT2D eigenvalue weighted by Crippen LogP contribution is 2.10. The van der Waals surface area contributed by atoms with Crippen LogP contribution in [0.1, 0.15) is 37.6 Å². The Kier molecular flexibility index (Phi) is 5.51. The van der Waals surface area contributed by atoms with Gasteiger partial charge in [-0.2, -0.15) is 4.89 Å². The van der Waals surface area contributed by atoms with Crippen molar-refractivity contribution in [1.82, 2.24) is 5.32 Å². The molecule has 0 fully saturated rings. The zero-order chi connectivity index (χ0) is 14.3. The highest BCUT2D eigenvalue weighted by molar-refractivity contribution is 5.88. The maximum Gasteiger partial charge on any atom is 0.373 e. The van der Waals surface area contributed by atoms with Crippen LogP contribution in [0.4, 0.5) is 0 Å². The van der Waals surface area contributed by atoms with Gasteiger partial charge >= 0.3 is 5.97 Å². The van der Waals surface area contributed by atoms with Gasteiger partial charge in [0.1, 0.15) is 5.60 Å². The molecule has 1 N–H and O–H groups in total. The van der Waals surface area contributed by atoms with Crippen LogP contribution in [0.5, 0.6) is 0 Å². The lowest BCUT2D eigenvalue weighted by Gasteiger charge is -2.22. The minimum Gasteiger partial charge on any atom is -0.353 e. The summed E-state index contributed by atoms with van der Waals surface area (Å²) in [5.41, 5.74) is -0.370. The highest BCUT2D eigenvalue weighted by atomic mass is 17.2. The van der Waals surface area contributed by atoms with Crippen LogP contribution in [-0.2, 0) is 14.6 Å². The summed E-state index contributed by atoms with van der Waals surface area (Å²) in [5.74, 6) is -0.637. The summed E-state index contributed by atoms with van der Waals surface area (Å²) in [6.45, 7) is 5.47. The van der Waals surface area contributed by atoms with Crippen molar-refractivity contribution < 1.29 is 19.4 Å². The first kappa shape index (κ1) is 15.2. The lowest BCUT2D eigenvalue weighted by atomic mass is 10.1. The summed E-state index contributed by atoms with van der Waals surface area (Å²) in [6, 6.07) is 8.56. The summed E-state index contributed by atoms with van der Waals surface area (Å²) < 4.78 is 0. The van der Waals surface area contributed by atoms with Crippen LogP contribution < -0.4 is 5.32 Å². The van der Waals surface area contributed by atoms with Crippen LogP contribution >= 0.6 is 0 Å². The highest BCUT2D eigenvalue weighted by Gasteiger charge is 2.23. The standard InChI is InChI=1S/C14H19NO4/c1-4-12(16)15-10-14(2,3)19-18-13(17)11-8-6-5-7-9-11/h5-9H,4,10H2,1-3H3,(H,15,16). The number of rotatable bonds is 6. The number of hydrogen-bond donors (Lipinski definition) is 1. The quantitative estimate of drug-likeness (QED) is 0.631. The maximum atomic E-state index is 11.7. The Morgan fingerprint density at radius 3 is 2.42 bits per heavy atom. The molecule has 5 heteroatoms. The number of carbonyl (C=O) groups is 2. The van der Waals surface area contributed by atoms with Gasteiger partial charge in [-0.25, -0.2) is 4.79 Å². The predicted molar refractivity (Wildman–Crippen MR) is 70.3 cm³/mol. The van der Waals surface area contributed by atoms with E-state index in [9.17, 15) is 9.59 Å². The largest absolute Gasteiger partial charge is 0.373 e. The molecular weight excluding hydrogens is 246 g/mol. The number of carbonyl (C=O) groups excluding carboxylic acids is 2. The third kappa shape index (κ3) is 5.52. The predicted octanol–water partition coefficient (Wildman–Crippen LogP) is 2.08. The molecule has 0 saturated heterocycles. The molecule has 0 aromatic heterocycles. The van der Waals surface area contributed by atoms with Crippen molar-refractivity contribution in [2.45, 2.75) is 32.8 Å². The van der Waals surface area contributed by atoms with Crippen LogP contribution in [-0.4, -0.2) is 24.0 Å². The molecule has 0 atom stereocenters. The molecule has 0 saturated carbocycles. The molecule has 1 rings (SSSR count). The fraction of sp³-hybridized carbons (Fsp3) is 0.429. The Morgan fingerprint density at radius 2 is 1.84 bits per heavy atom.